The Morgan fingerprint density at radius 1 is 1.07 bits per heavy atom. The van der Waals surface area contributed by atoms with Crippen molar-refractivity contribution >= 4 is 39.0 Å². The van der Waals surface area contributed by atoms with Crippen molar-refractivity contribution in [2.45, 2.75) is 24.1 Å². The molecular formula is C22H24N2O3S3. The molecule has 0 unspecified atom stereocenters. The van der Waals surface area contributed by atoms with Crippen molar-refractivity contribution in [1.82, 2.24) is 10.0 Å². The minimum Gasteiger partial charge on any atom is -0.351 e. The second kappa shape index (κ2) is 10.8. The lowest BCUT2D eigenvalue weighted by Gasteiger charge is -2.12. The standard InChI is InChI=1S/C22H24N2O3S3/c1-17-9-10-19(22(25)23-11-13-28-16-20-8-5-12-29-20)14-21(17)30(26,27)24-15-18-6-3-2-4-7-18/h2-10,12,14,24H,11,13,15-16H2,1H3,(H,23,25). The Bertz CT molecular complexity index is 1070. The second-order valence-corrected chi connectivity index (χ2v) is 10.6. The molecule has 0 aliphatic rings. The molecule has 0 radical (unpaired) electrons. The van der Waals surface area contributed by atoms with Gasteiger partial charge in [0.1, 0.15) is 0 Å². The van der Waals surface area contributed by atoms with E-state index in [-0.39, 0.29) is 17.3 Å². The third kappa shape index (κ3) is 6.43. The number of thiophene rings is 1. The van der Waals surface area contributed by atoms with Crippen molar-refractivity contribution < 1.29 is 13.2 Å². The average Bonchev–Trinajstić information content (AvgIpc) is 3.26. The van der Waals surface area contributed by atoms with E-state index in [1.54, 1.807) is 42.2 Å². The molecular weight excluding hydrogens is 436 g/mol. The minimum atomic E-state index is -3.73. The molecule has 3 aromatic rings. The van der Waals surface area contributed by atoms with Gasteiger partial charge in [-0.05, 0) is 41.6 Å². The number of nitrogens with one attached hydrogen (secondary N) is 2. The van der Waals surface area contributed by atoms with Crippen LogP contribution >= 0.6 is 23.1 Å². The van der Waals surface area contributed by atoms with Crippen LogP contribution in [0.3, 0.4) is 0 Å². The van der Waals surface area contributed by atoms with Crippen LogP contribution in [-0.4, -0.2) is 26.6 Å². The summed E-state index contributed by atoms with van der Waals surface area (Å²) in [6.45, 7) is 2.44. The van der Waals surface area contributed by atoms with E-state index < -0.39 is 10.0 Å². The summed E-state index contributed by atoms with van der Waals surface area (Å²) in [5.74, 6) is 1.44. The molecule has 0 saturated heterocycles. The molecule has 0 spiro atoms. The molecule has 2 aromatic carbocycles. The summed E-state index contributed by atoms with van der Waals surface area (Å²) in [4.78, 5) is 13.9. The predicted octanol–water partition coefficient (Wildman–Crippen LogP) is 4.20. The van der Waals surface area contributed by atoms with Gasteiger partial charge in [0.05, 0.1) is 4.90 Å². The van der Waals surface area contributed by atoms with Gasteiger partial charge in [-0.1, -0.05) is 42.5 Å². The van der Waals surface area contributed by atoms with Crippen molar-refractivity contribution in [1.29, 1.82) is 0 Å². The molecule has 0 aliphatic carbocycles. The summed E-state index contributed by atoms with van der Waals surface area (Å²) in [6, 6.07) is 18.2. The number of sulfonamides is 1. The number of rotatable bonds is 10. The fourth-order valence-corrected chi connectivity index (χ4v) is 5.77. The predicted molar refractivity (Wildman–Crippen MR) is 124 cm³/mol. The molecule has 3 rings (SSSR count). The summed E-state index contributed by atoms with van der Waals surface area (Å²) in [5.41, 5.74) is 1.80. The summed E-state index contributed by atoms with van der Waals surface area (Å²) in [6.07, 6.45) is 0. The first-order valence-electron chi connectivity index (χ1n) is 9.48. The Balaban J connectivity index is 1.57. The molecule has 1 heterocycles. The van der Waals surface area contributed by atoms with E-state index in [9.17, 15) is 13.2 Å². The van der Waals surface area contributed by atoms with Crippen LogP contribution in [0.1, 0.15) is 26.4 Å². The van der Waals surface area contributed by atoms with Gasteiger partial charge < -0.3 is 5.32 Å². The van der Waals surface area contributed by atoms with Crippen molar-refractivity contribution in [3.63, 3.8) is 0 Å². The van der Waals surface area contributed by atoms with Crippen molar-refractivity contribution in [3.05, 3.63) is 87.6 Å². The van der Waals surface area contributed by atoms with Gasteiger partial charge in [0, 0.05) is 35.0 Å². The summed E-state index contributed by atoms with van der Waals surface area (Å²) in [7, 11) is -3.73. The average molecular weight is 461 g/mol. The highest BCUT2D eigenvalue weighted by Gasteiger charge is 2.19. The van der Waals surface area contributed by atoms with Crippen molar-refractivity contribution in [3.8, 4) is 0 Å². The van der Waals surface area contributed by atoms with Gasteiger partial charge in [-0.15, -0.1) is 11.3 Å². The number of benzene rings is 2. The molecule has 0 fully saturated rings. The smallest absolute Gasteiger partial charge is 0.251 e. The Hall–Kier alpha value is -2.13. The molecule has 30 heavy (non-hydrogen) atoms. The molecule has 0 atom stereocenters. The minimum absolute atomic E-state index is 0.123. The van der Waals surface area contributed by atoms with Crippen molar-refractivity contribution in [2.75, 3.05) is 12.3 Å². The van der Waals surface area contributed by atoms with E-state index in [0.717, 1.165) is 17.1 Å². The molecule has 8 heteroatoms. The number of thioether (sulfide) groups is 1. The van der Waals surface area contributed by atoms with E-state index in [2.05, 4.69) is 21.5 Å². The first-order valence-corrected chi connectivity index (χ1v) is 13.0. The zero-order valence-corrected chi connectivity index (χ0v) is 19.1. The van der Waals surface area contributed by atoms with Crippen LogP contribution in [0.25, 0.3) is 0 Å². The Labute approximate surface area is 186 Å². The lowest BCUT2D eigenvalue weighted by atomic mass is 10.1. The normalized spacial score (nSPS) is 11.4. The Kier molecular flexibility index (Phi) is 8.09. The van der Waals surface area contributed by atoms with E-state index in [4.69, 9.17) is 0 Å². The van der Waals surface area contributed by atoms with E-state index in [1.807, 2.05) is 36.4 Å². The van der Waals surface area contributed by atoms with Crippen LogP contribution in [0.15, 0.2) is 70.9 Å². The van der Waals surface area contributed by atoms with Crippen LogP contribution in [-0.2, 0) is 22.3 Å². The van der Waals surface area contributed by atoms with Crippen molar-refractivity contribution in [2.24, 2.45) is 0 Å². The molecule has 2 N–H and O–H groups in total. The molecule has 0 bridgehead atoms. The Morgan fingerprint density at radius 2 is 1.87 bits per heavy atom. The van der Waals surface area contributed by atoms with Gasteiger partial charge in [-0.2, -0.15) is 11.8 Å². The monoisotopic (exact) mass is 460 g/mol. The number of carbonyl (C=O) groups is 1. The molecule has 1 aromatic heterocycles. The fraction of sp³-hybridized carbons (Fsp3) is 0.227. The topological polar surface area (TPSA) is 75.3 Å². The zero-order valence-electron chi connectivity index (χ0n) is 16.6. The van der Waals surface area contributed by atoms with E-state index in [1.165, 1.54) is 10.9 Å². The molecule has 0 aliphatic heterocycles. The maximum absolute atomic E-state index is 12.8. The largest absolute Gasteiger partial charge is 0.351 e. The highest BCUT2D eigenvalue weighted by Crippen LogP contribution is 2.18. The quantitative estimate of drug-likeness (QED) is 0.445. The van der Waals surface area contributed by atoms with Gasteiger partial charge in [0.15, 0.2) is 0 Å². The third-order valence-electron chi connectivity index (χ3n) is 4.41. The van der Waals surface area contributed by atoms with Gasteiger partial charge in [-0.3, -0.25) is 4.79 Å². The van der Waals surface area contributed by atoms with Crippen LogP contribution in [0, 0.1) is 6.92 Å². The molecule has 158 valence electrons. The first-order chi connectivity index (χ1) is 14.5. The van der Waals surface area contributed by atoms with Crippen LogP contribution in [0.4, 0.5) is 0 Å². The SMILES string of the molecule is Cc1ccc(C(=O)NCCSCc2cccs2)cc1S(=O)(=O)NCc1ccccc1. The van der Waals surface area contributed by atoms with E-state index >= 15 is 0 Å². The fourth-order valence-electron chi connectivity index (χ4n) is 2.79. The van der Waals surface area contributed by atoms with Gasteiger partial charge in [-0.25, -0.2) is 13.1 Å². The summed E-state index contributed by atoms with van der Waals surface area (Å²) in [5, 5.41) is 4.91. The Morgan fingerprint density at radius 3 is 2.60 bits per heavy atom. The molecule has 0 saturated carbocycles. The lowest BCUT2D eigenvalue weighted by Crippen LogP contribution is -2.27. The highest BCUT2D eigenvalue weighted by molar-refractivity contribution is 7.98. The van der Waals surface area contributed by atoms with Crippen LogP contribution in [0.2, 0.25) is 0 Å². The maximum Gasteiger partial charge on any atom is 0.251 e. The van der Waals surface area contributed by atoms with Gasteiger partial charge in [0.2, 0.25) is 10.0 Å². The zero-order chi connectivity index (χ0) is 21.4. The number of amides is 1. The number of hydrogen-bond acceptors (Lipinski definition) is 5. The van der Waals surface area contributed by atoms with Gasteiger partial charge >= 0.3 is 0 Å². The van der Waals surface area contributed by atoms with Crippen LogP contribution in [0.5, 0.6) is 0 Å². The molecule has 5 nitrogen and oxygen atoms in total. The first kappa shape index (κ1) is 22.6. The third-order valence-corrected chi connectivity index (χ3v) is 8.02. The maximum atomic E-state index is 12.8. The highest BCUT2D eigenvalue weighted by atomic mass is 32.2. The van der Waals surface area contributed by atoms with Crippen LogP contribution < -0.4 is 10.0 Å². The summed E-state index contributed by atoms with van der Waals surface area (Å²) >= 11 is 3.47. The number of hydrogen-bond donors (Lipinski definition) is 2. The lowest BCUT2D eigenvalue weighted by molar-refractivity contribution is 0.0956. The van der Waals surface area contributed by atoms with Gasteiger partial charge in [0.25, 0.3) is 5.91 Å². The number of aryl methyl sites for hydroxylation is 1. The molecule has 1 amide bonds. The van der Waals surface area contributed by atoms with E-state index in [0.29, 0.717) is 17.7 Å². The number of carbonyl (C=O) groups excluding carboxylic acids is 1. The second-order valence-electron chi connectivity index (χ2n) is 6.68. The summed E-state index contributed by atoms with van der Waals surface area (Å²) < 4.78 is 28.1.